The van der Waals surface area contributed by atoms with Gasteiger partial charge < -0.3 is 15.0 Å². The molecule has 1 aliphatic heterocycles. The van der Waals surface area contributed by atoms with E-state index in [-0.39, 0.29) is 0 Å². The van der Waals surface area contributed by atoms with E-state index in [1.165, 1.54) is 13.2 Å². The highest BCUT2D eigenvalue weighted by Gasteiger charge is 2.17. The minimum absolute atomic E-state index is 0.326. The summed E-state index contributed by atoms with van der Waals surface area (Å²) < 4.78 is 5.11. The van der Waals surface area contributed by atoms with Crippen molar-refractivity contribution in [2.24, 2.45) is 5.10 Å². The SMILES string of the molecule is COc1ccc(Cl)cc1NC(=O)C(=O)NN=C1CCN(C)CC1. The van der Waals surface area contributed by atoms with E-state index >= 15 is 0 Å². The molecule has 0 radical (unpaired) electrons. The maximum absolute atomic E-state index is 11.9. The number of benzene rings is 1. The molecule has 1 heterocycles. The van der Waals surface area contributed by atoms with Crippen LogP contribution in [-0.2, 0) is 9.59 Å². The van der Waals surface area contributed by atoms with Gasteiger partial charge >= 0.3 is 11.8 Å². The fourth-order valence-corrected chi connectivity index (χ4v) is 2.30. The molecule has 1 aromatic rings. The van der Waals surface area contributed by atoms with Crippen molar-refractivity contribution in [1.82, 2.24) is 10.3 Å². The van der Waals surface area contributed by atoms with E-state index in [9.17, 15) is 9.59 Å². The molecule has 0 unspecified atom stereocenters. The van der Waals surface area contributed by atoms with Gasteiger partial charge in [0.25, 0.3) is 0 Å². The van der Waals surface area contributed by atoms with Crippen molar-refractivity contribution >= 4 is 34.8 Å². The minimum Gasteiger partial charge on any atom is -0.495 e. The Morgan fingerprint density at radius 2 is 1.96 bits per heavy atom. The Morgan fingerprint density at radius 3 is 2.61 bits per heavy atom. The fraction of sp³-hybridized carbons (Fsp3) is 0.400. The Kier molecular flexibility index (Phi) is 5.95. The third-order valence-corrected chi connectivity index (χ3v) is 3.73. The number of piperidine rings is 1. The van der Waals surface area contributed by atoms with Gasteiger partial charge in [0, 0.05) is 36.7 Å². The summed E-state index contributed by atoms with van der Waals surface area (Å²) in [6.07, 6.45) is 1.56. The van der Waals surface area contributed by atoms with Crippen LogP contribution in [0.5, 0.6) is 5.75 Å². The number of hydrazone groups is 1. The highest BCUT2D eigenvalue weighted by molar-refractivity contribution is 6.40. The van der Waals surface area contributed by atoms with Gasteiger partial charge in [0.05, 0.1) is 12.8 Å². The van der Waals surface area contributed by atoms with Crippen LogP contribution >= 0.6 is 11.6 Å². The summed E-state index contributed by atoms with van der Waals surface area (Å²) in [5, 5.41) is 6.90. The predicted molar refractivity (Wildman–Crippen MR) is 88.9 cm³/mol. The standard InChI is InChI=1S/C15H19ClN4O3/c1-20-7-5-11(6-8-20)18-19-15(22)14(21)17-12-9-10(16)3-4-13(12)23-2/h3-4,9H,5-8H2,1-2H3,(H,17,21)(H,19,22). The molecule has 2 amide bonds. The molecular weight excluding hydrogens is 320 g/mol. The second-order valence-electron chi connectivity index (χ2n) is 5.22. The van der Waals surface area contributed by atoms with Crippen molar-refractivity contribution in [3.05, 3.63) is 23.2 Å². The number of rotatable bonds is 3. The number of halogens is 1. The van der Waals surface area contributed by atoms with E-state index in [0.717, 1.165) is 31.6 Å². The van der Waals surface area contributed by atoms with Crippen LogP contribution in [0.25, 0.3) is 0 Å². The molecule has 0 atom stereocenters. The number of methoxy groups -OCH3 is 1. The summed E-state index contributed by atoms with van der Waals surface area (Å²) >= 11 is 5.88. The highest BCUT2D eigenvalue weighted by Crippen LogP contribution is 2.27. The normalized spacial score (nSPS) is 15.0. The summed E-state index contributed by atoms with van der Waals surface area (Å²) in [7, 11) is 3.49. The second-order valence-corrected chi connectivity index (χ2v) is 5.66. The maximum Gasteiger partial charge on any atom is 0.329 e. The van der Waals surface area contributed by atoms with Crippen LogP contribution in [0.2, 0.25) is 5.02 Å². The number of anilines is 1. The second kappa shape index (κ2) is 7.94. The zero-order valence-electron chi connectivity index (χ0n) is 13.1. The van der Waals surface area contributed by atoms with Gasteiger partial charge in [-0.1, -0.05) is 11.6 Å². The van der Waals surface area contributed by atoms with Crippen molar-refractivity contribution in [2.45, 2.75) is 12.8 Å². The number of nitrogens with zero attached hydrogens (tertiary/aromatic N) is 2. The Morgan fingerprint density at radius 1 is 1.26 bits per heavy atom. The third-order valence-electron chi connectivity index (χ3n) is 3.50. The van der Waals surface area contributed by atoms with Gasteiger partial charge in [-0.15, -0.1) is 0 Å². The predicted octanol–water partition coefficient (Wildman–Crippen LogP) is 1.48. The molecule has 0 saturated carbocycles. The molecule has 2 rings (SSSR count). The van der Waals surface area contributed by atoms with Crippen molar-refractivity contribution in [2.75, 3.05) is 32.6 Å². The molecule has 1 aliphatic rings. The van der Waals surface area contributed by atoms with Crippen LogP contribution in [0.15, 0.2) is 23.3 Å². The van der Waals surface area contributed by atoms with Gasteiger partial charge in [-0.3, -0.25) is 9.59 Å². The quantitative estimate of drug-likeness (QED) is 0.646. The van der Waals surface area contributed by atoms with Gasteiger partial charge in [0.15, 0.2) is 0 Å². The van der Waals surface area contributed by atoms with E-state index in [1.54, 1.807) is 12.1 Å². The van der Waals surface area contributed by atoms with Gasteiger partial charge in [-0.25, -0.2) is 5.43 Å². The van der Waals surface area contributed by atoms with Gasteiger partial charge in [0.1, 0.15) is 5.75 Å². The Bertz CT molecular complexity index is 623. The minimum atomic E-state index is -0.835. The molecule has 1 aromatic carbocycles. The van der Waals surface area contributed by atoms with Gasteiger partial charge in [-0.05, 0) is 25.2 Å². The smallest absolute Gasteiger partial charge is 0.329 e. The monoisotopic (exact) mass is 338 g/mol. The molecule has 23 heavy (non-hydrogen) atoms. The molecule has 7 nitrogen and oxygen atoms in total. The summed E-state index contributed by atoms with van der Waals surface area (Å²) in [5.41, 5.74) is 3.49. The highest BCUT2D eigenvalue weighted by atomic mass is 35.5. The number of carbonyl (C=O) groups is 2. The first-order chi connectivity index (χ1) is 11.0. The summed E-state index contributed by atoms with van der Waals surface area (Å²) in [5.74, 6) is -1.25. The number of amides is 2. The van der Waals surface area contributed by atoms with Crippen LogP contribution in [0.1, 0.15) is 12.8 Å². The van der Waals surface area contributed by atoms with Crippen molar-refractivity contribution < 1.29 is 14.3 Å². The lowest BCUT2D eigenvalue weighted by molar-refractivity contribution is -0.136. The first-order valence-corrected chi connectivity index (χ1v) is 7.56. The lowest BCUT2D eigenvalue weighted by atomic mass is 10.1. The van der Waals surface area contributed by atoms with Crippen LogP contribution in [0.4, 0.5) is 5.69 Å². The summed E-state index contributed by atoms with van der Waals surface area (Å²) in [6, 6.07) is 4.74. The molecule has 1 fully saturated rings. The molecule has 0 spiro atoms. The Labute approximate surface area is 139 Å². The van der Waals surface area contributed by atoms with E-state index < -0.39 is 11.8 Å². The molecule has 8 heteroatoms. The van der Waals surface area contributed by atoms with Crippen LogP contribution in [0, 0.1) is 0 Å². The fourth-order valence-electron chi connectivity index (χ4n) is 2.13. The van der Waals surface area contributed by atoms with Crippen LogP contribution in [0.3, 0.4) is 0 Å². The molecule has 0 bridgehead atoms. The molecule has 0 aromatic heterocycles. The number of nitrogens with one attached hydrogen (secondary N) is 2. The topological polar surface area (TPSA) is 83.0 Å². The van der Waals surface area contributed by atoms with Crippen LogP contribution < -0.4 is 15.5 Å². The third kappa shape index (κ3) is 4.94. The molecule has 124 valence electrons. The van der Waals surface area contributed by atoms with Gasteiger partial charge in [-0.2, -0.15) is 5.10 Å². The molecule has 0 aliphatic carbocycles. The summed E-state index contributed by atoms with van der Waals surface area (Å²) in [6.45, 7) is 1.78. The molecular formula is C15H19ClN4O3. The zero-order chi connectivity index (χ0) is 16.8. The first-order valence-electron chi connectivity index (χ1n) is 7.18. The van der Waals surface area contributed by atoms with Gasteiger partial charge in [0.2, 0.25) is 0 Å². The number of carbonyl (C=O) groups excluding carboxylic acids is 2. The Hall–Kier alpha value is -2.12. The zero-order valence-corrected chi connectivity index (χ0v) is 13.8. The average Bonchev–Trinajstić information content (AvgIpc) is 2.54. The molecule has 2 N–H and O–H groups in total. The first kappa shape index (κ1) is 17.2. The molecule has 1 saturated heterocycles. The number of ether oxygens (including phenoxy) is 1. The largest absolute Gasteiger partial charge is 0.495 e. The van der Waals surface area contributed by atoms with E-state index in [1.807, 2.05) is 7.05 Å². The van der Waals surface area contributed by atoms with Crippen molar-refractivity contribution in [3.63, 3.8) is 0 Å². The number of likely N-dealkylation sites (tertiary alicyclic amines) is 1. The van der Waals surface area contributed by atoms with E-state index in [4.69, 9.17) is 16.3 Å². The maximum atomic E-state index is 11.9. The van der Waals surface area contributed by atoms with E-state index in [0.29, 0.717) is 16.5 Å². The van der Waals surface area contributed by atoms with Crippen LogP contribution in [-0.4, -0.2) is 49.7 Å². The summed E-state index contributed by atoms with van der Waals surface area (Å²) in [4.78, 5) is 25.9. The average molecular weight is 339 g/mol. The van der Waals surface area contributed by atoms with Crippen molar-refractivity contribution in [3.8, 4) is 5.75 Å². The Balaban J connectivity index is 1.94. The number of hydrogen-bond acceptors (Lipinski definition) is 5. The number of hydrogen-bond donors (Lipinski definition) is 2. The lowest BCUT2D eigenvalue weighted by Crippen LogP contribution is -2.35. The van der Waals surface area contributed by atoms with E-state index in [2.05, 4.69) is 20.7 Å². The van der Waals surface area contributed by atoms with Crippen molar-refractivity contribution in [1.29, 1.82) is 0 Å². The lowest BCUT2D eigenvalue weighted by Gasteiger charge is -2.22.